The van der Waals surface area contributed by atoms with E-state index >= 15 is 0 Å². The van der Waals surface area contributed by atoms with Crippen LogP contribution in [0.5, 0.6) is 5.75 Å². The maximum absolute atomic E-state index is 12.2. The Bertz CT molecular complexity index is 644. The molecule has 110 valence electrons. The van der Waals surface area contributed by atoms with Crippen molar-refractivity contribution >= 4 is 34.8 Å². The second-order valence-corrected chi connectivity index (χ2v) is 5.41. The van der Waals surface area contributed by atoms with Gasteiger partial charge in [-0.2, -0.15) is 0 Å². The van der Waals surface area contributed by atoms with E-state index in [1.54, 1.807) is 12.1 Å². The number of benzene rings is 2. The van der Waals surface area contributed by atoms with E-state index in [4.69, 9.17) is 27.9 Å². The van der Waals surface area contributed by atoms with Crippen molar-refractivity contribution in [2.45, 2.75) is 12.3 Å². The fourth-order valence-corrected chi connectivity index (χ4v) is 2.25. The van der Waals surface area contributed by atoms with E-state index in [9.17, 15) is 4.79 Å². The summed E-state index contributed by atoms with van der Waals surface area (Å²) in [4.78, 5) is 12.2. The zero-order chi connectivity index (χ0) is 15.4. The number of amides is 1. The summed E-state index contributed by atoms with van der Waals surface area (Å²) >= 11 is 12.2. The van der Waals surface area contributed by atoms with Gasteiger partial charge in [-0.15, -0.1) is 11.6 Å². The van der Waals surface area contributed by atoms with Crippen LogP contribution in [-0.2, 0) is 4.79 Å². The van der Waals surface area contributed by atoms with Crippen molar-refractivity contribution in [1.29, 1.82) is 0 Å². The molecule has 0 spiro atoms. The van der Waals surface area contributed by atoms with E-state index in [1.165, 1.54) is 7.11 Å². The Morgan fingerprint density at radius 1 is 1.24 bits per heavy atom. The number of halogens is 2. The summed E-state index contributed by atoms with van der Waals surface area (Å²) in [6.45, 7) is 1.85. The van der Waals surface area contributed by atoms with E-state index in [-0.39, 0.29) is 5.91 Å². The molecule has 0 radical (unpaired) electrons. The fraction of sp³-hybridized carbons (Fsp3) is 0.188. The van der Waals surface area contributed by atoms with Crippen LogP contribution in [0.3, 0.4) is 0 Å². The molecule has 0 bridgehead atoms. The van der Waals surface area contributed by atoms with Gasteiger partial charge in [0, 0.05) is 11.1 Å². The normalized spacial score (nSPS) is 11.8. The summed E-state index contributed by atoms with van der Waals surface area (Å²) in [5.74, 6) is 0.179. The van der Waals surface area contributed by atoms with Crippen LogP contribution in [0.2, 0.25) is 5.02 Å². The van der Waals surface area contributed by atoms with Gasteiger partial charge >= 0.3 is 0 Å². The number of aryl methyl sites for hydroxylation is 1. The van der Waals surface area contributed by atoms with Gasteiger partial charge in [-0.1, -0.05) is 41.9 Å². The lowest BCUT2D eigenvalue weighted by Crippen LogP contribution is -2.17. The van der Waals surface area contributed by atoms with Gasteiger partial charge < -0.3 is 10.1 Å². The second kappa shape index (κ2) is 6.83. The first kappa shape index (κ1) is 15.7. The molecule has 2 aromatic rings. The largest absolute Gasteiger partial charge is 0.495 e. The van der Waals surface area contributed by atoms with Gasteiger partial charge in [-0.05, 0) is 24.1 Å². The minimum Gasteiger partial charge on any atom is -0.495 e. The molecule has 0 aliphatic carbocycles. The summed E-state index contributed by atoms with van der Waals surface area (Å²) in [7, 11) is 1.52. The van der Waals surface area contributed by atoms with Gasteiger partial charge in [-0.25, -0.2) is 0 Å². The van der Waals surface area contributed by atoms with Crippen LogP contribution >= 0.6 is 23.2 Å². The third-order valence-electron chi connectivity index (χ3n) is 3.06. The van der Waals surface area contributed by atoms with Crippen LogP contribution in [0.4, 0.5) is 5.69 Å². The molecule has 2 rings (SSSR count). The van der Waals surface area contributed by atoms with Gasteiger partial charge in [0.25, 0.3) is 0 Å². The minimum atomic E-state index is -0.771. The van der Waals surface area contributed by atoms with Crippen molar-refractivity contribution in [2.24, 2.45) is 0 Å². The number of carbonyl (C=O) groups excluding carboxylic acids is 1. The quantitative estimate of drug-likeness (QED) is 0.836. The van der Waals surface area contributed by atoms with Gasteiger partial charge in [0.1, 0.15) is 11.1 Å². The molecule has 0 aromatic heterocycles. The molecular weight excluding hydrogens is 309 g/mol. The maximum atomic E-state index is 12.2. The predicted octanol–water partition coefficient (Wildman–Crippen LogP) is 4.58. The summed E-state index contributed by atoms with van der Waals surface area (Å²) in [5, 5.41) is 2.58. The molecule has 1 amide bonds. The maximum Gasteiger partial charge on any atom is 0.247 e. The van der Waals surface area contributed by atoms with Crippen LogP contribution in [0, 0.1) is 6.92 Å². The Labute approximate surface area is 133 Å². The van der Waals surface area contributed by atoms with Gasteiger partial charge in [0.2, 0.25) is 5.91 Å². The third kappa shape index (κ3) is 3.69. The standard InChI is InChI=1S/C16H15Cl2NO2/c1-10-8-13(14(21-2)9-12(10)17)19-16(20)15(18)11-6-4-3-5-7-11/h3-9,15H,1-2H3,(H,19,20). The molecule has 0 aliphatic rings. The summed E-state index contributed by atoms with van der Waals surface area (Å²) in [5.41, 5.74) is 2.13. The fourth-order valence-electron chi connectivity index (χ4n) is 1.90. The molecule has 0 heterocycles. The van der Waals surface area contributed by atoms with Crippen LogP contribution in [0.1, 0.15) is 16.5 Å². The van der Waals surface area contributed by atoms with E-state index in [0.717, 1.165) is 11.1 Å². The number of carbonyl (C=O) groups is 1. The smallest absolute Gasteiger partial charge is 0.247 e. The monoisotopic (exact) mass is 323 g/mol. The van der Waals surface area contributed by atoms with Crippen molar-refractivity contribution in [3.05, 3.63) is 58.6 Å². The topological polar surface area (TPSA) is 38.3 Å². The first-order valence-electron chi connectivity index (χ1n) is 6.37. The Kier molecular flexibility index (Phi) is 5.10. The van der Waals surface area contributed by atoms with Crippen LogP contribution < -0.4 is 10.1 Å². The number of hydrogen-bond acceptors (Lipinski definition) is 2. The molecule has 1 N–H and O–H groups in total. The zero-order valence-electron chi connectivity index (χ0n) is 11.7. The first-order chi connectivity index (χ1) is 10.0. The molecule has 21 heavy (non-hydrogen) atoms. The Morgan fingerprint density at radius 2 is 1.90 bits per heavy atom. The van der Waals surface area contributed by atoms with Crippen molar-refractivity contribution in [1.82, 2.24) is 0 Å². The van der Waals surface area contributed by atoms with Crippen LogP contribution in [0.15, 0.2) is 42.5 Å². The van der Waals surface area contributed by atoms with Crippen molar-refractivity contribution < 1.29 is 9.53 Å². The van der Waals surface area contributed by atoms with Crippen molar-refractivity contribution in [2.75, 3.05) is 12.4 Å². The average Bonchev–Trinajstić information content (AvgIpc) is 2.50. The molecule has 5 heteroatoms. The molecule has 2 aromatic carbocycles. The van der Waals surface area contributed by atoms with Crippen LogP contribution in [0.25, 0.3) is 0 Å². The average molecular weight is 324 g/mol. The summed E-state index contributed by atoms with van der Waals surface area (Å²) in [6.07, 6.45) is 0. The number of ether oxygens (including phenoxy) is 1. The number of anilines is 1. The highest BCUT2D eigenvalue weighted by atomic mass is 35.5. The van der Waals surface area contributed by atoms with Gasteiger partial charge in [-0.3, -0.25) is 4.79 Å². The predicted molar refractivity (Wildman–Crippen MR) is 86.4 cm³/mol. The minimum absolute atomic E-state index is 0.317. The molecule has 3 nitrogen and oxygen atoms in total. The number of nitrogens with one attached hydrogen (secondary N) is 1. The number of alkyl halides is 1. The number of hydrogen-bond donors (Lipinski definition) is 1. The summed E-state index contributed by atoms with van der Waals surface area (Å²) < 4.78 is 5.23. The Balaban J connectivity index is 2.22. The Morgan fingerprint density at radius 3 is 2.52 bits per heavy atom. The number of methoxy groups -OCH3 is 1. The van der Waals surface area contributed by atoms with E-state index < -0.39 is 5.38 Å². The van der Waals surface area contributed by atoms with E-state index in [1.807, 2.05) is 37.3 Å². The SMILES string of the molecule is COc1cc(Cl)c(C)cc1NC(=O)C(Cl)c1ccccc1. The Hall–Kier alpha value is -1.71. The van der Waals surface area contributed by atoms with E-state index in [2.05, 4.69) is 5.32 Å². The molecule has 1 unspecified atom stereocenters. The molecule has 0 aliphatic heterocycles. The van der Waals surface area contributed by atoms with Crippen molar-refractivity contribution in [3.63, 3.8) is 0 Å². The van der Waals surface area contributed by atoms with E-state index in [0.29, 0.717) is 16.5 Å². The lowest BCUT2D eigenvalue weighted by atomic mass is 10.1. The lowest BCUT2D eigenvalue weighted by molar-refractivity contribution is -0.116. The summed E-state index contributed by atoms with van der Waals surface area (Å²) in [6, 6.07) is 12.6. The highest BCUT2D eigenvalue weighted by Gasteiger charge is 2.19. The highest BCUT2D eigenvalue weighted by molar-refractivity contribution is 6.33. The lowest BCUT2D eigenvalue weighted by Gasteiger charge is -2.14. The molecule has 0 saturated heterocycles. The third-order valence-corrected chi connectivity index (χ3v) is 3.92. The molecular formula is C16H15Cl2NO2. The molecule has 1 atom stereocenters. The van der Waals surface area contributed by atoms with Crippen molar-refractivity contribution in [3.8, 4) is 5.75 Å². The highest BCUT2D eigenvalue weighted by Crippen LogP contribution is 2.32. The first-order valence-corrected chi connectivity index (χ1v) is 7.18. The van der Waals surface area contributed by atoms with Gasteiger partial charge in [0.05, 0.1) is 12.8 Å². The second-order valence-electron chi connectivity index (χ2n) is 4.56. The number of rotatable bonds is 4. The zero-order valence-corrected chi connectivity index (χ0v) is 13.2. The van der Waals surface area contributed by atoms with Crippen LogP contribution in [-0.4, -0.2) is 13.0 Å². The molecule has 0 saturated carbocycles. The van der Waals surface area contributed by atoms with Gasteiger partial charge in [0.15, 0.2) is 0 Å². The molecule has 0 fully saturated rings.